The van der Waals surface area contributed by atoms with E-state index in [4.69, 9.17) is 9.47 Å². The second-order valence-electron chi connectivity index (χ2n) is 10.9. The standard InChI is InChI=1S/C26H37NO5S/c1-18(12-19(2)15-32-16-20-6-8-22(31-5)9-7-20)13-24(28)27-23-14-21-10-11-26(23,25(21,3)4)17-33(27,29)30/h6-9,18,21,23H,2,10-17H2,1,3-5H3/t18-,21+,23-,26-/m0/s1. The number of fused-ring (bicyclic) bond motifs is 1. The van der Waals surface area contributed by atoms with Crippen LogP contribution in [0.25, 0.3) is 0 Å². The topological polar surface area (TPSA) is 72.9 Å². The molecule has 33 heavy (non-hydrogen) atoms. The first-order valence-corrected chi connectivity index (χ1v) is 13.5. The summed E-state index contributed by atoms with van der Waals surface area (Å²) in [5.74, 6) is 1.20. The van der Waals surface area contributed by atoms with Crippen molar-refractivity contribution in [3.05, 3.63) is 42.0 Å². The summed E-state index contributed by atoms with van der Waals surface area (Å²) in [6.07, 6.45) is 3.66. The van der Waals surface area contributed by atoms with Crippen molar-refractivity contribution >= 4 is 15.9 Å². The number of carbonyl (C=O) groups is 1. The number of methoxy groups -OCH3 is 1. The van der Waals surface area contributed by atoms with Gasteiger partial charge in [-0.2, -0.15) is 0 Å². The predicted octanol–water partition coefficient (Wildman–Crippen LogP) is 4.55. The molecule has 1 aromatic carbocycles. The van der Waals surface area contributed by atoms with Crippen molar-refractivity contribution < 1.29 is 22.7 Å². The molecule has 3 aliphatic rings. The van der Waals surface area contributed by atoms with Gasteiger partial charge in [0.1, 0.15) is 5.75 Å². The molecule has 182 valence electrons. The third-order valence-electron chi connectivity index (χ3n) is 8.55. The highest BCUT2D eigenvalue weighted by Gasteiger charge is 2.72. The second kappa shape index (κ2) is 8.73. The minimum Gasteiger partial charge on any atom is -0.497 e. The molecule has 0 radical (unpaired) electrons. The molecule has 2 aliphatic carbocycles. The van der Waals surface area contributed by atoms with Crippen LogP contribution in [0.2, 0.25) is 0 Å². The van der Waals surface area contributed by atoms with E-state index in [0.717, 1.165) is 36.1 Å². The zero-order valence-electron chi connectivity index (χ0n) is 20.3. The van der Waals surface area contributed by atoms with Crippen molar-refractivity contribution in [2.45, 2.75) is 65.5 Å². The number of nitrogens with zero attached hydrogens (tertiary/aromatic N) is 1. The van der Waals surface area contributed by atoms with Gasteiger partial charge in [0.15, 0.2) is 0 Å². The lowest BCUT2D eigenvalue weighted by Gasteiger charge is -2.37. The average Bonchev–Trinajstić information content (AvgIpc) is 3.21. The fourth-order valence-electron chi connectivity index (χ4n) is 6.66. The van der Waals surface area contributed by atoms with Crippen LogP contribution in [-0.4, -0.2) is 44.1 Å². The Balaban J connectivity index is 1.29. The lowest BCUT2D eigenvalue weighted by Crippen LogP contribution is -2.44. The Bertz CT molecular complexity index is 1020. The fourth-order valence-corrected chi connectivity index (χ4v) is 9.22. The van der Waals surface area contributed by atoms with Gasteiger partial charge in [0.25, 0.3) is 0 Å². The summed E-state index contributed by atoms with van der Waals surface area (Å²) >= 11 is 0. The summed E-state index contributed by atoms with van der Waals surface area (Å²) in [6, 6.07) is 7.56. The van der Waals surface area contributed by atoms with Crippen molar-refractivity contribution in [2.24, 2.45) is 22.7 Å². The first-order chi connectivity index (χ1) is 15.5. The summed E-state index contributed by atoms with van der Waals surface area (Å²) < 4.78 is 38.4. The number of hydrogen-bond acceptors (Lipinski definition) is 5. The molecule has 1 amide bonds. The highest BCUT2D eigenvalue weighted by molar-refractivity contribution is 7.90. The third kappa shape index (κ3) is 4.23. The van der Waals surface area contributed by atoms with Crippen LogP contribution in [0.4, 0.5) is 0 Å². The maximum absolute atomic E-state index is 13.2. The van der Waals surface area contributed by atoms with Crippen molar-refractivity contribution in [1.29, 1.82) is 0 Å². The van der Waals surface area contributed by atoms with Gasteiger partial charge in [0, 0.05) is 11.8 Å². The summed E-state index contributed by atoms with van der Waals surface area (Å²) in [7, 11) is -1.92. The maximum Gasteiger partial charge on any atom is 0.238 e. The first-order valence-electron chi connectivity index (χ1n) is 11.9. The summed E-state index contributed by atoms with van der Waals surface area (Å²) in [5, 5.41) is 0. The lowest BCUT2D eigenvalue weighted by atomic mass is 9.69. The second-order valence-corrected chi connectivity index (χ2v) is 12.8. The molecule has 2 bridgehead atoms. The Morgan fingerprint density at radius 3 is 2.58 bits per heavy atom. The molecule has 1 aliphatic heterocycles. The molecule has 0 N–H and O–H groups in total. The van der Waals surface area contributed by atoms with Gasteiger partial charge >= 0.3 is 0 Å². The van der Waals surface area contributed by atoms with Crippen LogP contribution in [0.15, 0.2) is 36.4 Å². The number of amides is 1. The molecule has 4 rings (SSSR count). The highest BCUT2D eigenvalue weighted by atomic mass is 32.2. The minimum atomic E-state index is -3.56. The van der Waals surface area contributed by atoms with Crippen LogP contribution in [0.1, 0.15) is 58.4 Å². The molecule has 3 fully saturated rings. The van der Waals surface area contributed by atoms with Crippen LogP contribution in [0.3, 0.4) is 0 Å². The Morgan fingerprint density at radius 1 is 1.24 bits per heavy atom. The number of benzene rings is 1. The van der Waals surface area contributed by atoms with E-state index in [9.17, 15) is 13.2 Å². The Morgan fingerprint density at radius 2 is 1.94 bits per heavy atom. The lowest BCUT2D eigenvalue weighted by molar-refractivity contribution is -0.129. The van der Waals surface area contributed by atoms with Crippen LogP contribution < -0.4 is 4.74 Å². The van der Waals surface area contributed by atoms with Crippen LogP contribution in [-0.2, 0) is 26.2 Å². The molecular weight excluding hydrogens is 438 g/mol. The number of rotatable bonds is 9. The molecule has 1 aromatic rings. The van der Waals surface area contributed by atoms with Crippen LogP contribution >= 0.6 is 0 Å². The molecule has 1 heterocycles. The first kappa shape index (κ1) is 24.3. The Kier molecular flexibility index (Phi) is 6.42. The normalized spacial score (nSPS) is 29.6. The van der Waals surface area contributed by atoms with Gasteiger partial charge in [-0.3, -0.25) is 4.79 Å². The molecule has 7 heteroatoms. The third-order valence-corrected chi connectivity index (χ3v) is 10.5. The molecule has 6 nitrogen and oxygen atoms in total. The molecule has 2 saturated carbocycles. The zero-order chi connectivity index (χ0) is 24.0. The largest absolute Gasteiger partial charge is 0.497 e. The van der Waals surface area contributed by atoms with E-state index >= 15 is 0 Å². The number of ether oxygens (including phenoxy) is 2. The van der Waals surface area contributed by atoms with Gasteiger partial charge in [-0.25, -0.2) is 12.7 Å². The molecule has 1 spiro atoms. The van der Waals surface area contributed by atoms with E-state index in [0.29, 0.717) is 25.6 Å². The number of carbonyl (C=O) groups excluding carboxylic acids is 1. The SMILES string of the molecule is C=C(COCc1ccc(OC)cc1)C[C@H](C)CC(=O)N1[C@H]2C[C@H]3CC[C@@]2(CS1(=O)=O)C3(C)C. The molecule has 0 aromatic heterocycles. The number of hydrogen-bond donors (Lipinski definition) is 0. The maximum atomic E-state index is 13.2. The summed E-state index contributed by atoms with van der Waals surface area (Å²) in [5.41, 5.74) is 1.66. The molecule has 4 atom stereocenters. The van der Waals surface area contributed by atoms with Gasteiger partial charge in [-0.1, -0.05) is 45.1 Å². The predicted molar refractivity (Wildman–Crippen MR) is 128 cm³/mol. The number of sulfonamides is 1. The van der Waals surface area contributed by atoms with Gasteiger partial charge in [-0.05, 0) is 60.6 Å². The zero-order valence-corrected chi connectivity index (χ0v) is 21.1. The average molecular weight is 476 g/mol. The smallest absolute Gasteiger partial charge is 0.238 e. The fraction of sp³-hybridized carbons (Fsp3) is 0.654. The highest BCUT2D eigenvalue weighted by Crippen LogP contribution is 2.70. The van der Waals surface area contributed by atoms with Crippen molar-refractivity contribution in [1.82, 2.24) is 4.31 Å². The van der Waals surface area contributed by atoms with E-state index < -0.39 is 10.0 Å². The summed E-state index contributed by atoms with van der Waals surface area (Å²) in [6.45, 7) is 11.4. The summed E-state index contributed by atoms with van der Waals surface area (Å²) in [4.78, 5) is 13.2. The molecule has 1 saturated heterocycles. The van der Waals surface area contributed by atoms with E-state index in [2.05, 4.69) is 20.4 Å². The quantitative estimate of drug-likeness (QED) is 0.490. The molecular formula is C26H37NO5S. The monoisotopic (exact) mass is 475 g/mol. The van der Waals surface area contributed by atoms with Crippen molar-refractivity contribution in [3.63, 3.8) is 0 Å². The van der Waals surface area contributed by atoms with Gasteiger partial charge in [-0.15, -0.1) is 0 Å². The van der Waals surface area contributed by atoms with Crippen LogP contribution in [0, 0.1) is 22.7 Å². The van der Waals surface area contributed by atoms with Gasteiger partial charge in [0.2, 0.25) is 15.9 Å². The van der Waals surface area contributed by atoms with E-state index in [1.165, 1.54) is 4.31 Å². The molecule has 0 unspecified atom stereocenters. The Hall–Kier alpha value is -1.86. The Labute approximate surface area is 198 Å². The van der Waals surface area contributed by atoms with Gasteiger partial charge < -0.3 is 9.47 Å². The van der Waals surface area contributed by atoms with E-state index in [-0.39, 0.29) is 40.9 Å². The van der Waals surface area contributed by atoms with Crippen LogP contribution in [0.5, 0.6) is 5.75 Å². The minimum absolute atomic E-state index is 0.00735. The van der Waals surface area contributed by atoms with E-state index in [1.807, 2.05) is 31.2 Å². The van der Waals surface area contributed by atoms with Crippen molar-refractivity contribution in [2.75, 3.05) is 19.5 Å². The van der Waals surface area contributed by atoms with E-state index in [1.54, 1.807) is 7.11 Å². The van der Waals surface area contributed by atoms with Gasteiger partial charge in [0.05, 0.1) is 32.1 Å². The van der Waals surface area contributed by atoms with Crippen molar-refractivity contribution in [3.8, 4) is 5.75 Å².